The highest BCUT2D eigenvalue weighted by Crippen LogP contribution is 2.47. The minimum absolute atomic E-state index is 0.00858. The summed E-state index contributed by atoms with van der Waals surface area (Å²) in [5.74, 6) is -0.748. The Hall–Kier alpha value is -2.08. The van der Waals surface area contributed by atoms with E-state index < -0.39 is 17.6 Å². The van der Waals surface area contributed by atoms with E-state index in [1.807, 2.05) is 19.1 Å². The second-order valence-electron chi connectivity index (χ2n) is 6.11. The maximum Gasteiger partial charge on any atom is 0.416 e. The summed E-state index contributed by atoms with van der Waals surface area (Å²) in [6.45, 7) is 1.90. The molecule has 0 saturated carbocycles. The Morgan fingerprint density at radius 2 is 1.64 bits per heavy atom. The first-order chi connectivity index (χ1) is 11.7. The average molecular weight is 410 g/mol. The second kappa shape index (κ2) is 6.33. The maximum absolute atomic E-state index is 14.1. The molecular weight excluding hydrogens is 395 g/mol. The van der Waals surface area contributed by atoms with Crippen LogP contribution in [0.5, 0.6) is 0 Å². The third-order valence-electron chi connectivity index (χ3n) is 4.34. The zero-order valence-corrected chi connectivity index (χ0v) is 14.9. The molecule has 0 aliphatic carbocycles. The Bertz CT molecular complexity index is 825. The van der Waals surface area contributed by atoms with E-state index in [4.69, 9.17) is 0 Å². The summed E-state index contributed by atoms with van der Waals surface area (Å²) in [6, 6.07) is 13.0. The molecule has 130 valence electrons. The van der Waals surface area contributed by atoms with Crippen molar-refractivity contribution in [3.05, 3.63) is 75.8 Å². The van der Waals surface area contributed by atoms with Crippen LogP contribution >= 0.6 is 15.9 Å². The van der Waals surface area contributed by atoms with E-state index >= 15 is 0 Å². The molecule has 6 heteroatoms. The molecule has 1 aliphatic heterocycles. The highest BCUT2D eigenvalue weighted by molar-refractivity contribution is 9.10. The molecule has 2 nitrogen and oxygen atoms in total. The summed E-state index contributed by atoms with van der Waals surface area (Å²) >= 11 is 3.22. The third kappa shape index (κ3) is 3.35. The zero-order valence-electron chi connectivity index (χ0n) is 13.3. The number of hydrogen-bond donors (Lipinski definition) is 1. The quantitative estimate of drug-likeness (QED) is 0.732. The van der Waals surface area contributed by atoms with Crippen LogP contribution in [0.25, 0.3) is 5.57 Å². The number of nitrogens with one attached hydrogen (secondary N) is 1. The predicted octanol–water partition coefficient (Wildman–Crippen LogP) is 5.12. The molecule has 0 saturated heterocycles. The zero-order chi connectivity index (χ0) is 18.2. The number of aryl methyl sites for hydroxylation is 1. The number of amides is 1. The van der Waals surface area contributed by atoms with Crippen molar-refractivity contribution < 1.29 is 18.0 Å². The van der Waals surface area contributed by atoms with E-state index in [1.54, 1.807) is 24.3 Å². The molecule has 3 rings (SSSR count). The summed E-state index contributed by atoms with van der Waals surface area (Å²) in [5, 5.41) is 2.16. The van der Waals surface area contributed by atoms with Crippen LogP contribution in [0, 0.1) is 6.92 Å². The van der Waals surface area contributed by atoms with Crippen molar-refractivity contribution >= 4 is 27.4 Å². The van der Waals surface area contributed by atoms with Gasteiger partial charge in [-0.25, -0.2) is 0 Å². The van der Waals surface area contributed by atoms with Gasteiger partial charge in [0.05, 0.1) is 0 Å². The SMILES string of the molecule is Cc1ccc(C2=CC(=O)NC(c3ccc(Br)cc3)(C(F)(F)F)C2)cc1. The van der Waals surface area contributed by atoms with Crippen molar-refractivity contribution in [2.24, 2.45) is 0 Å². The lowest BCUT2D eigenvalue weighted by Gasteiger charge is -2.40. The van der Waals surface area contributed by atoms with Gasteiger partial charge in [-0.2, -0.15) is 13.2 Å². The molecule has 1 heterocycles. The monoisotopic (exact) mass is 409 g/mol. The topological polar surface area (TPSA) is 29.1 Å². The van der Waals surface area contributed by atoms with Crippen molar-refractivity contribution in [3.8, 4) is 0 Å². The van der Waals surface area contributed by atoms with Crippen LogP contribution in [0.4, 0.5) is 13.2 Å². The van der Waals surface area contributed by atoms with Gasteiger partial charge >= 0.3 is 6.18 Å². The number of rotatable bonds is 2. The van der Waals surface area contributed by atoms with E-state index in [9.17, 15) is 18.0 Å². The molecule has 1 aliphatic rings. The van der Waals surface area contributed by atoms with Crippen molar-refractivity contribution in [2.45, 2.75) is 25.1 Å². The summed E-state index contributed by atoms with van der Waals surface area (Å²) in [6.07, 6.45) is -3.75. The number of carbonyl (C=O) groups is 1. The molecule has 2 aromatic carbocycles. The van der Waals surface area contributed by atoms with Gasteiger partial charge in [-0.1, -0.05) is 57.9 Å². The molecule has 0 spiro atoms. The lowest BCUT2D eigenvalue weighted by Crippen LogP contribution is -2.57. The molecule has 0 bridgehead atoms. The fourth-order valence-electron chi connectivity index (χ4n) is 2.98. The number of carbonyl (C=O) groups excluding carboxylic acids is 1. The Kier molecular flexibility index (Phi) is 4.49. The van der Waals surface area contributed by atoms with E-state index in [1.165, 1.54) is 18.2 Å². The molecule has 1 atom stereocenters. The fraction of sp³-hybridized carbons (Fsp3) is 0.211. The van der Waals surface area contributed by atoms with Gasteiger partial charge in [0.2, 0.25) is 5.91 Å². The van der Waals surface area contributed by atoms with Crippen LogP contribution in [-0.2, 0) is 10.3 Å². The predicted molar refractivity (Wildman–Crippen MR) is 93.8 cm³/mol. The first-order valence-corrected chi connectivity index (χ1v) is 8.43. The summed E-state index contributed by atoms with van der Waals surface area (Å²) < 4.78 is 42.8. The van der Waals surface area contributed by atoms with Crippen molar-refractivity contribution in [3.63, 3.8) is 0 Å². The number of benzene rings is 2. The molecule has 0 fully saturated rings. The smallest absolute Gasteiger partial charge is 0.334 e. The maximum atomic E-state index is 14.1. The molecule has 1 N–H and O–H groups in total. The largest absolute Gasteiger partial charge is 0.416 e. The van der Waals surface area contributed by atoms with E-state index in [-0.39, 0.29) is 12.0 Å². The van der Waals surface area contributed by atoms with Crippen molar-refractivity contribution in [1.29, 1.82) is 0 Å². The van der Waals surface area contributed by atoms with Crippen LogP contribution in [0.2, 0.25) is 0 Å². The Labute approximate surface area is 151 Å². The van der Waals surface area contributed by atoms with E-state index in [0.717, 1.165) is 5.56 Å². The molecular formula is C19H15BrF3NO. The number of halogens is 4. The molecule has 0 aromatic heterocycles. The summed E-state index contributed by atoms with van der Waals surface area (Å²) in [4.78, 5) is 12.1. The van der Waals surface area contributed by atoms with Gasteiger partial charge in [0.15, 0.2) is 5.54 Å². The molecule has 0 radical (unpaired) electrons. The van der Waals surface area contributed by atoms with Gasteiger partial charge in [-0.05, 0) is 35.8 Å². The van der Waals surface area contributed by atoms with Gasteiger partial charge in [0.25, 0.3) is 0 Å². The average Bonchev–Trinajstić information content (AvgIpc) is 2.54. The first-order valence-electron chi connectivity index (χ1n) is 7.64. The minimum Gasteiger partial charge on any atom is -0.334 e. The van der Waals surface area contributed by atoms with E-state index in [2.05, 4.69) is 21.2 Å². The standard InChI is InChI=1S/C19H15BrF3NO/c1-12-2-4-13(5-3-12)14-10-17(25)24-18(11-14,19(21,22)23)15-6-8-16(20)9-7-15/h2-10H,11H2,1H3,(H,24,25). The Balaban J connectivity index is 2.11. The molecule has 1 amide bonds. The van der Waals surface area contributed by atoms with Crippen LogP contribution in [0.1, 0.15) is 23.1 Å². The van der Waals surface area contributed by atoms with Crippen LogP contribution < -0.4 is 5.32 Å². The highest BCUT2D eigenvalue weighted by atomic mass is 79.9. The lowest BCUT2D eigenvalue weighted by atomic mass is 9.78. The second-order valence-corrected chi connectivity index (χ2v) is 7.03. The molecule has 25 heavy (non-hydrogen) atoms. The van der Waals surface area contributed by atoms with Gasteiger partial charge in [-0.15, -0.1) is 0 Å². The highest BCUT2D eigenvalue weighted by Gasteiger charge is 2.58. The van der Waals surface area contributed by atoms with Gasteiger partial charge in [0, 0.05) is 17.0 Å². The van der Waals surface area contributed by atoms with Crippen molar-refractivity contribution in [2.75, 3.05) is 0 Å². The van der Waals surface area contributed by atoms with Crippen molar-refractivity contribution in [1.82, 2.24) is 5.32 Å². The van der Waals surface area contributed by atoms with Crippen LogP contribution in [0.15, 0.2) is 59.1 Å². The van der Waals surface area contributed by atoms with Gasteiger partial charge in [-0.3, -0.25) is 4.79 Å². The Morgan fingerprint density at radius 1 is 1.04 bits per heavy atom. The lowest BCUT2D eigenvalue weighted by molar-refractivity contribution is -0.201. The summed E-state index contributed by atoms with van der Waals surface area (Å²) in [5.41, 5.74) is -0.455. The van der Waals surface area contributed by atoms with Gasteiger partial charge < -0.3 is 5.32 Å². The molecule has 1 unspecified atom stereocenters. The third-order valence-corrected chi connectivity index (χ3v) is 4.87. The fourth-order valence-corrected chi connectivity index (χ4v) is 3.25. The minimum atomic E-state index is -4.64. The van der Waals surface area contributed by atoms with Gasteiger partial charge in [0.1, 0.15) is 0 Å². The number of hydrogen-bond acceptors (Lipinski definition) is 1. The summed E-state index contributed by atoms with van der Waals surface area (Å²) in [7, 11) is 0. The van der Waals surface area contributed by atoms with Crippen LogP contribution in [0.3, 0.4) is 0 Å². The van der Waals surface area contributed by atoms with E-state index in [0.29, 0.717) is 15.6 Å². The normalized spacial score (nSPS) is 20.8. The Morgan fingerprint density at radius 3 is 2.20 bits per heavy atom. The van der Waals surface area contributed by atoms with Crippen LogP contribution in [-0.4, -0.2) is 12.1 Å². The molecule has 2 aromatic rings. The number of alkyl halides is 3. The first kappa shape index (κ1) is 17.7.